The summed E-state index contributed by atoms with van der Waals surface area (Å²) in [5.74, 6) is 0.620. The SMILES string of the molecule is CCC(CC)CC(O)c1ccc(C)c(Br)c1. The van der Waals surface area contributed by atoms with Gasteiger partial charge in [0.15, 0.2) is 0 Å². The molecule has 0 amide bonds. The van der Waals surface area contributed by atoms with Crippen molar-refractivity contribution in [3.05, 3.63) is 33.8 Å². The summed E-state index contributed by atoms with van der Waals surface area (Å²) in [5, 5.41) is 10.1. The summed E-state index contributed by atoms with van der Waals surface area (Å²) < 4.78 is 1.08. The number of aliphatic hydroxyl groups is 1. The molecule has 1 aromatic rings. The van der Waals surface area contributed by atoms with Gasteiger partial charge in [0.05, 0.1) is 6.10 Å². The minimum absolute atomic E-state index is 0.332. The van der Waals surface area contributed by atoms with Gasteiger partial charge in [0.2, 0.25) is 0 Å². The molecule has 0 saturated carbocycles. The first-order valence-electron chi connectivity index (χ1n) is 6.02. The van der Waals surface area contributed by atoms with Crippen LogP contribution in [0.3, 0.4) is 0 Å². The second-order valence-electron chi connectivity index (χ2n) is 4.44. The fourth-order valence-electron chi connectivity index (χ4n) is 1.89. The smallest absolute Gasteiger partial charge is 0.0793 e. The summed E-state index contributed by atoms with van der Waals surface area (Å²) in [6.07, 6.45) is 2.81. The van der Waals surface area contributed by atoms with Gasteiger partial charge in [0, 0.05) is 4.47 Å². The molecule has 2 heteroatoms. The molecule has 1 rings (SSSR count). The van der Waals surface area contributed by atoms with Crippen molar-refractivity contribution in [2.75, 3.05) is 0 Å². The first-order valence-corrected chi connectivity index (χ1v) is 6.81. The number of hydrogen-bond acceptors (Lipinski definition) is 1. The van der Waals surface area contributed by atoms with Crippen LogP contribution in [0.4, 0.5) is 0 Å². The van der Waals surface area contributed by atoms with Crippen LogP contribution in [0.2, 0.25) is 0 Å². The summed E-state index contributed by atoms with van der Waals surface area (Å²) in [6.45, 7) is 6.43. The molecule has 0 radical (unpaired) electrons. The highest BCUT2D eigenvalue weighted by atomic mass is 79.9. The molecule has 16 heavy (non-hydrogen) atoms. The topological polar surface area (TPSA) is 20.2 Å². The summed E-state index contributed by atoms with van der Waals surface area (Å²) in [6, 6.07) is 6.10. The van der Waals surface area contributed by atoms with E-state index in [1.807, 2.05) is 12.1 Å². The Bertz CT molecular complexity index is 332. The third kappa shape index (κ3) is 3.60. The number of aryl methyl sites for hydroxylation is 1. The van der Waals surface area contributed by atoms with Crippen molar-refractivity contribution in [1.29, 1.82) is 0 Å². The number of aliphatic hydroxyl groups excluding tert-OH is 1. The minimum Gasteiger partial charge on any atom is -0.388 e. The van der Waals surface area contributed by atoms with Crippen LogP contribution < -0.4 is 0 Å². The zero-order chi connectivity index (χ0) is 12.1. The molecule has 0 aliphatic carbocycles. The fraction of sp³-hybridized carbons (Fsp3) is 0.571. The quantitative estimate of drug-likeness (QED) is 0.837. The van der Waals surface area contributed by atoms with E-state index in [-0.39, 0.29) is 6.10 Å². The molecule has 0 aromatic heterocycles. The summed E-state index contributed by atoms with van der Waals surface area (Å²) in [5.41, 5.74) is 2.22. The van der Waals surface area contributed by atoms with Crippen LogP contribution in [0.5, 0.6) is 0 Å². The van der Waals surface area contributed by atoms with E-state index in [0.29, 0.717) is 5.92 Å². The number of hydrogen-bond donors (Lipinski definition) is 1. The Hall–Kier alpha value is -0.340. The molecular weight excluding hydrogens is 264 g/mol. The molecular formula is C14H21BrO. The van der Waals surface area contributed by atoms with Gasteiger partial charge in [-0.2, -0.15) is 0 Å². The van der Waals surface area contributed by atoms with Crippen LogP contribution in [0.15, 0.2) is 22.7 Å². The first kappa shape index (κ1) is 13.7. The lowest BCUT2D eigenvalue weighted by atomic mass is 9.92. The van der Waals surface area contributed by atoms with E-state index in [9.17, 15) is 5.11 Å². The maximum atomic E-state index is 10.1. The highest BCUT2D eigenvalue weighted by Gasteiger charge is 2.13. The van der Waals surface area contributed by atoms with Crippen molar-refractivity contribution < 1.29 is 5.11 Å². The van der Waals surface area contributed by atoms with Crippen molar-refractivity contribution in [2.45, 2.75) is 46.1 Å². The second kappa shape index (κ2) is 6.41. The predicted octanol–water partition coefficient (Wildman–Crippen LogP) is 4.62. The van der Waals surface area contributed by atoms with Crippen LogP contribution in [-0.2, 0) is 0 Å². The summed E-state index contributed by atoms with van der Waals surface area (Å²) >= 11 is 3.50. The Labute approximate surface area is 107 Å². The molecule has 0 bridgehead atoms. The van der Waals surface area contributed by atoms with Gasteiger partial charge in [-0.05, 0) is 36.5 Å². The van der Waals surface area contributed by atoms with E-state index in [4.69, 9.17) is 0 Å². The van der Waals surface area contributed by atoms with E-state index < -0.39 is 0 Å². The number of rotatable bonds is 5. The van der Waals surface area contributed by atoms with Crippen molar-refractivity contribution in [2.24, 2.45) is 5.92 Å². The van der Waals surface area contributed by atoms with Gasteiger partial charge in [0.25, 0.3) is 0 Å². The van der Waals surface area contributed by atoms with Gasteiger partial charge in [-0.3, -0.25) is 0 Å². The molecule has 0 fully saturated rings. The van der Waals surface area contributed by atoms with Crippen molar-refractivity contribution in [1.82, 2.24) is 0 Å². The highest BCUT2D eigenvalue weighted by Crippen LogP contribution is 2.28. The van der Waals surface area contributed by atoms with Gasteiger partial charge in [0.1, 0.15) is 0 Å². The van der Waals surface area contributed by atoms with Crippen molar-refractivity contribution >= 4 is 15.9 Å². The van der Waals surface area contributed by atoms with Crippen LogP contribution >= 0.6 is 15.9 Å². The van der Waals surface area contributed by atoms with Gasteiger partial charge in [-0.1, -0.05) is 54.8 Å². The van der Waals surface area contributed by atoms with E-state index >= 15 is 0 Å². The summed E-state index contributed by atoms with van der Waals surface area (Å²) in [4.78, 5) is 0. The van der Waals surface area contributed by atoms with Gasteiger partial charge in [-0.15, -0.1) is 0 Å². The van der Waals surface area contributed by atoms with Gasteiger partial charge < -0.3 is 5.11 Å². The number of halogens is 1. The predicted molar refractivity (Wildman–Crippen MR) is 72.5 cm³/mol. The van der Waals surface area contributed by atoms with E-state index in [0.717, 1.165) is 29.3 Å². The molecule has 0 aliphatic heterocycles. The van der Waals surface area contributed by atoms with Crippen LogP contribution in [0.25, 0.3) is 0 Å². The van der Waals surface area contributed by atoms with E-state index in [1.54, 1.807) is 0 Å². The molecule has 0 saturated heterocycles. The van der Waals surface area contributed by atoms with Crippen LogP contribution in [0.1, 0.15) is 50.3 Å². The molecule has 1 aromatic carbocycles. The lowest BCUT2D eigenvalue weighted by molar-refractivity contribution is 0.141. The Kier molecular flexibility index (Phi) is 5.50. The Morgan fingerprint density at radius 1 is 1.25 bits per heavy atom. The molecule has 1 atom stereocenters. The molecule has 1 nitrogen and oxygen atoms in total. The standard InChI is InChI=1S/C14H21BrO/c1-4-11(5-2)8-14(16)12-7-6-10(3)13(15)9-12/h6-7,9,11,14,16H,4-5,8H2,1-3H3. The van der Waals surface area contributed by atoms with Crippen LogP contribution in [-0.4, -0.2) is 5.11 Å². The maximum Gasteiger partial charge on any atom is 0.0793 e. The minimum atomic E-state index is -0.332. The monoisotopic (exact) mass is 284 g/mol. The Morgan fingerprint density at radius 3 is 2.38 bits per heavy atom. The molecule has 1 N–H and O–H groups in total. The largest absolute Gasteiger partial charge is 0.388 e. The summed E-state index contributed by atoms with van der Waals surface area (Å²) in [7, 11) is 0. The average molecular weight is 285 g/mol. The van der Waals surface area contributed by atoms with Crippen molar-refractivity contribution in [3.8, 4) is 0 Å². The van der Waals surface area contributed by atoms with Gasteiger partial charge in [-0.25, -0.2) is 0 Å². The van der Waals surface area contributed by atoms with E-state index in [1.165, 1.54) is 5.56 Å². The maximum absolute atomic E-state index is 10.1. The third-order valence-corrected chi connectivity index (χ3v) is 4.15. The molecule has 0 aliphatic rings. The number of benzene rings is 1. The molecule has 1 unspecified atom stereocenters. The van der Waals surface area contributed by atoms with Crippen molar-refractivity contribution in [3.63, 3.8) is 0 Å². The lowest BCUT2D eigenvalue weighted by Gasteiger charge is -2.18. The third-order valence-electron chi connectivity index (χ3n) is 3.29. The average Bonchev–Trinajstić information content (AvgIpc) is 2.29. The van der Waals surface area contributed by atoms with Crippen LogP contribution in [0, 0.1) is 12.8 Å². The second-order valence-corrected chi connectivity index (χ2v) is 5.30. The zero-order valence-electron chi connectivity index (χ0n) is 10.3. The molecule has 90 valence electrons. The fourth-order valence-corrected chi connectivity index (χ4v) is 2.29. The lowest BCUT2D eigenvalue weighted by Crippen LogP contribution is -2.06. The first-order chi connectivity index (χ1) is 7.58. The molecule has 0 spiro atoms. The Balaban J connectivity index is 2.72. The highest BCUT2D eigenvalue weighted by molar-refractivity contribution is 9.10. The Morgan fingerprint density at radius 2 is 1.88 bits per heavy atom. The normalized spacial score (nSPS) is 13.1. The van der Waals surface area contributed by atoms with Gasteiger partial charge >= 0.3 is 0 Å². The van der Waals surface area contributed by atoms with E-state index in [2.05, 4.69) is 42.8 Å². The molecule has 0 heterocycles. The zero-order valence-corrected chi connectivity index (χ0v) is 11.9.